The molecule has 8 heteroatoms. The number of benzene rings is 1. The Labute approximate surface area is 104 Å². The molecule has 6 nitrogen and oxygen atoms in total. The highest BCUT2D eigenvalue weighted by Gasteiger charge is 2.24. The molecule has 0 radical (unpaired) electrons. The van der Waals surface area contributed by atoms with E-state index in [1.807, 2.05) is 0 Å². The predicted octanol–water partition coefficient (Wildman–Crippen LogP) is 1.81. The fourth-order valence-electron chi connectivity index (χ4n) is 1.27. The first-order chi connectivity index (χ1) is 8.01. The monoisotopic (exact) mass is 276 g/mol. The van der Waals surface area contributed by atoms with Crippen molar-refractivity contribution in [3.05, 3.63) is 34.1 Å². The number of nitrogens with one attached hydrogen (secondary N) is 1. The molecular weight excluding hydrogens is 263 g/mol. The molecule has 0 bridgehead atoms. The van der Waals surface area contributed by atoms with Crippen LogP contribution in [0, 0.1) is 15.9 Å². The molecule has 0 aliphatic rings. The third-order valence-corrected chi connectivity index (χ3v) is 3.56. The summed E-state index contributed by atoms with van der Waals surface area (Å²) < 4.78 is 39.2. The zero-order chi connectivity index (χ0) is 14.1. The van der Waals surface area contributed by atoms with Gasteiger partial charge >= 0.3 is 0 Å². The van der Waals surface area contributed by atoms with Gasteiger partial charge in [-0.25, -0.2) is 17.5 Å². The molecule has 0 fully saturated rings. The van der Waals surface area contributed by atoms with Crippen LogP contribution in [-0.4, -0.2) is 18.9 Å². The van der Waals surface area contributed by atoms with Gasteiger partial charge < -0.3 is 0 Å². The Hall–Kier alpha value is -1.54. The minimum Gasteiger partial charge on any atom is -0.258 e. The number of hydrogen-bond donors (Lipinski definition) is 1. The van der Waals surface area contributed by atoms with Crippen LogP contribution in [0.1, 0.15) is 20.8 Å². The second kappa shape index (κ2) is 4.62. The molecule has 0 atom stereocenters. The molecule has 1 aromatic carbocycles. The van der Waals surface area contributed by atoms with Crippen LogP contribution in [0.3, 0.4) is 0 Å². The molecule has 0 heterocycles. The van der Waals surface area contributed by atoms with E-state index in [2.05, 4.69) is 4.72 Å². The first kappa shape index (κ1) is 14.5. The van der Waals surface area contributed by atoms with E-state index in [-0.39, 0.29) is 0 Å². The van der Waals surface area contributed by atoms with E-state index < -0.39 is 36.9 Å². The Morgan fingerprint density at radius 1 is 1.28 bits per heavy atom. The quantitative estimate of drug-likeness (QED) is 0.673. The number of halogens is 1. The largest absolute Gasteiger partial charge is 0.273 e. The lowest BCUT2D eigenvalue weighted by molar-refractivity contribution is -0.385. The second-order valence-corrected chi connectivity index (χ2v) is 6.44. The molecular formula is C10H13FN2O4S. The van der Waals surface area contributed by atoms with E-state index in [9.17, 15) is 22.9 Å². The maximum atomic E-state index is 13.2. The van der Waals surface area contributed by atoms with Crippen molar-refractivity contribution in [1.29, 1.82) is 0 Å². The van der Waals surface area contributed by atoms with E-state index in [0.717, 1.165) is 12.1 Å². The van der Waals surface area contributed by atoms with Gasteiger partial charge in [0.1, 0.15) is 5.82 Å². The fourth-order valence-corrected chi connectivity index (χ4v) is 2.74. The van der Waals surface area contributed by atoms with Crippen LogP contribution in [0.5, 0.6) is 0 Å². The summed E-state index contributed by atoms with van der Waals surface area (Å²) in [6.07, 6.45) is 0. The zero-order valence-corrected chi connectivity index (χ0v) is 10.9. The topological polar surface area (TPSA) is 89.3 Å². The number of hydrogen-bond acceptors (Lipinski definition) is 4. The summed E-state index contributed by atoms with van der Waals surface area (Å²) >= 11 is 0. The molecule has 1 rings (SSSR count). The Bertz CT molecular complexity index is 578. The minimum absolute atomic E-state index is 0.468. The number of sulfonamides is 1. The van der Waals surface area contributed by atoms with Gasteiger partial charge in [0.15, 0.2) is 0 Å². The lowest BCUT2D eigenvalue weighted by Crippen LogP contribution is -2.40. The summed E-state index contributed by atoms with van der Waals surface area (Å²) in [6.45, 7) is 4.83. The maximum absolute atomic E-state index is 13.2. The molecule has 0 aliphatic heterocycles. The Morgan fingerprint density at radius 2 is 1.83 bits per heavy atom. The molecule has 0 saturated carbocycles. The van der Waals surface area contributed by atoms with Crippen molar-refractivity contribution < 1.29 is 17.7 Å². The first-order valence-electron chi connectivity index (χ1n) is 5.00. The van der Waals surface area contributed by atoms with E-state index in [1.165, 1.54) is 0 Å². The second-order valence-electron chi connectivity index (χ2n) is 4.76. The molecule has 0 saturated heterocycles. The predicted molar refractivity (Wildman–Crippen MR) is 63.1 cm³/mol. The summed E-state index contributed by atoms with van der Waals surface area (Å²) in [5.41, 5.74) is -1.37. The van der Waals surface area contributed by atoms with Crippen molar-refractivity contribution in [2.24, 2.45) is 0 Å². The molecule has 0 aliphatic carbocycles. The number of rotatable bonds is 3. The molecule has 0 spiro atoms. The van der Waals surface area contributed by atoms with Crippen molar-refractivity contribution in [1.82, 2.24) is 4.72 Å². The van der Waals surface area contributed by atoms with Crippen LogP contribution in [-0.2, 0) is 10.0 Å². The van der Waals surface area contributed by atoms with Crippen LogP contribution >= 0.6 is 0 Å². The van der Waals surface area contributed by atoms with Crippen molar-refractivity contribution in [3.63, 3.8) is 0 Å². The normalized spacial score (nSPS) is 12.4. The molecule has 1 aromatic rings. The average Bonchev–Trinajstić information content (AvgIpc) is 2.12. The maximum Gasteiger partial charge on any atom is 0.273 e. The smallest absolute Gasteiger partial charge is 0.258 e. The lowest BCUT2D eigenvalue weighted by atomic mass is 10.1. The highest BCUT2D eigenvalue weighted by molar-refractivity contribution is 7.89. The van der Waals surface area contributed by atoms with Crippen LogP contribution in [0.15, 0.2) is 23.1 Å². The van der Waals surface area contributed by atoms with Gasteiger partial charge in [0, 0.05) is 11.6 Å². The molecule has 0 unspecified atom stereocenters. The van der Waals surface area contributed by atoms with E-state index in [4.69, 9.17) is 0 Å². The zero-order valence-electron chi connectivity index (χ0n) is 10.1. The van der Waals surface area contributed by atoms with E-state index >= 15 is 0 Å². The Kier molecular flexibility index (Phi) is 3.72. The van der Waals surface area contributed by atoms with Gasteiger partial charge in [0.2, 0.25) is 10.0 Å². The van der Waals surface area contributed by atoms with Crippen molar-refractivity contribution in [3.8, 4) is 0 Å². The first-order valence-corrected chi connectivity index (χ1v) is 6.48. The van der Waals surface area contributed by atoms with Gasteiger partial charge in [-0.2, -0.15) is 0 Å². The summed E-state index contributed by atoms with van der Waals surface area (Å²) in [5, 5.41) is 10.5. The lowest BCUT2D eigenvalue weighted by Gasteiger charge is -2.20. The van der Waals surface area contributed by atoms with Crippen molar-refractivity contribution in [2.75, 3.05) is 0 Å². The fraction of sp³-hybridized carbons (Fsp3) is 0.400. The van der Waals surface area contributed by atoms with E-state index in [1.54, 1.807) is 20.8 Å². The summed E-state index contributed by atoms with van der Waals surface area (Å²) in [7, 11) is -3.99. The van der Waals surface area contributed by atoms with Crippen molar-refractivity contribution in [2.45, 2.75) is 31.2 Å². The summed E-state index contributed by atoms with van der Waals surface area (Å²) in [6, 6.07) is 2.22. The van der Waals surface area contributed by atoms with Crippen LogP contribution in [0.4, 0.5) is 10.1 Å². The highest BCUT2D eigenvalue weighted by Crippen LogP contribution is 2.21. The SMILES string of the molecule is CC(C)(C)NS(=O)(=O)c1cc(F)cc([N+](=O)[O-])c1. The summed E-state index contributed by atoms with van der Waals surface area (Å²) in [4.78, 5) is 9.22. The van der Waals surface area contributed by atoms with Crippen LogP contribution in [0.25, 0.3) is 0 Å². The van der Waals surface area contributed by atoms with Gasteiger partial charge in [-0.1, -0.05) is 0 Å². The van der Waals surface area contributed by atoms with Crippen molar-refractivity contribution >= 4 is 15.7 Å². The number of nitro benzene ring substituents is 1. The Balaban J connectivity index is 3.29. The molecule has 1 N–H and O–H groups in total. The standard InChI is InChI=1S/C10H13FN2O4S/c1-10(2,3)12-18(16,17)9-5-7(11)4-8(6-9)13(14)15/h4-6,12H,1-3H3. The third kappa shape index (κ3) is 3.74. The molecule has 18 heavy (non-hydrogen) atoms. The third-order valence-electron chi connectivity index (χ3n) is 1.82. The molecule has 100 valence electrons. The van der Waals surface area contributed by atoms with Gasteiger partial charge in [-0.05, 0) is 26.8 Å². The average molecular weight is 276 g/mol. The minimum atomic E-state index is -3.99. The highest BCUT2D eigenvalue weighted by atomic mass is 32.2. The van der Waals surface area contributed by atoms with E-state index in [0.29, 0.717) is 6.07 Å². The number of nitro groups is 1. The summed E-state index contributed by atoms with van der Waals surface area (Å²) in [5.74, 6) is -0.974. The van der Waals surface area contributed by atoms with Gasteiger partial charge in [-0.15, -0.1) is 0 Å². The molecule has 0 aromatic heterocycles. The van der Waals surface area contributed by atoms with Crippen LogP contribution < -0.4 is 4.72 Å². The van der Waals surface area contributed by atoms with Crippen LogP contribution in [0.2, 0.25) is 0 Å². The molecule has 0 amide bonds. The number of nitrogens with zero attached hydrogens (tertiary/aromatic N) is 1. The Morgan fingerprint density at radius 3 is 2.28 bits per heavy atom. The van der Waals surface area contributed by atoms with Gasteiger partial charge in [0.25, 0.3) is 5.69 Å². The number of non-ortho nitro benzene ring substituents is 1. The van der Waals surface area contributed by atoms with Gasteiger partial charge in [-0.3, -0.25) is 10.1 Å². The van der Waals surface area contributed by atoms with Gasteiger partial charge in [0.05, 0.1) is 15.9 Å².